The average Bonchev–Trinajstić information content (AvgIpc) is 2.91. The molecule has 3 aliphatic heterocycles. The predicted molar refractivity (Wildman–Crippen MR) is 99.3 cm³/mol. The molecular formula is C20H26N2O2S. The molecule has 1 saturated carbocycles. The SMILES string of the molecule is O=C(C1CCC1)N1C[C@@H]2CC[C@H](C1)N(C(=O)CSc1ccccc1)C2. The summed E-state index contributed by atoms with van der Waals surface area (Å²) in [7, 11) is 0. The Hall–Kier alpha value is -1.49. The first kappa shape index (κ1) is 17.0. The van der Waals surface area contributed by atoms with Crippen LogP contribution in [-0.4, -0.2) is 53.0 Å². The number of carbonyl (C=O) groups is 2. The van der Waals surface area contributed by atoms with Gasteiger partial charge in [0.05, 0.1) is 5.75 Å². The van der Waals surface area contributed by atoms with Gasteiger partial charge >= 0.3 is 0 Å². The fourth-order valence-electron chi connectivity index (χ4n) is 4.23. The van der Waals surface area contributed by atoms with Crippen LogP contribution in [0.2, 0.25) is 0 Å². The molecule has 5 rings (SSSR count). The zero-order valence-corrected chi connectivity index (χ0v) is 15.4. The van der Waals surface area contributed by atoms with Crippen molar-refractivity contribution >= 4 is 23.6 Å². The van der Waals surface area contributed by atoms with Crippen LogP contribution in [0.4, 0.5) is 0 Å². The summed E-state index contributed by atoms with van der Waals surface area (Å²) in [6.45, 7) is 2.42. The molecule has 2 amide bonds. The lowest BCUT2D eigenvalue weighted by Gasteiger charge is -2.36. The third-order valence-electron chi connectivity index (χ3n) is 5.91. The number of piperidine rings is 1. The van der Waals surface area contributed by atoms with E-state index in [1.54, 1.807) is 11.8 Å². The van der Waals surface area contributed by atoms with Gasteiger partial charge in [-0.15, -0.1) is 11.8 Å². The van der Waals surface area contributed by atoms with Crippen LogP contribution < -0.4 is 0 Å². The second kappa shape index (κ2) is 7.40. The Kier molecular flexibility index (Phi) is 5.02. The summed E-state index contributed by atoms with van der Waals surface area (Å²) in [5.74, 6) is 1.77. The molecule has 4 fully saturated rings. The minimum atomic E-state index is 0.214. The smallest absolute Gasteiger partial charge is 0.233 e. The molecule has 0 radical (unpaired) electrons. The van der Waals surface area contributed by atoms with Crippen LogP contribution in [0.3, 0.4) is 0 Å². The molecule has 3 heterocycles. The van der Waals surface area contributed by atoms with Gasteiger partial charge in [0.2, 0.25) is 11.8 Å². The average molecular weight is 359 g/mol. The van der Waals surface area contributed by atoms with E-state index >= 15 is 0 Å². The summed E-state index contributed by atoms with van der Waals surface area (Å²) in [6.07, 6.45) is 5.50. The van der Waals surface area contributed by atoms with Crippen molar-refractivity contribution in [2.45, 2.75) is 43.0 Å². The van der Waals surface area contributed by atoms with Crippen LogP contribution in [0.25, 0.3) is 0 Å². The third kappa shape index (κ3) is 3.71. The molecule has 0 spiro atoms. The van der Waals surface area contributed by atoms with Crippen molar-refractivity contribution in [3.8, 4) is 0 Å². The van der Waals surface area contributed by atoms with Crippen LogP contribution >= 0.6 is 11.8 Å². The predicted octanol–water partition coefficient (Wildman–Crippen LogP) is 3.03. The molecule has 4 nitrogen and oxygen atoms in total. The van der Waals surface area contributed by atoms with E-state index in [2.05, 4.69) is 9.80 Å². The number of carbonyl (C=O) groups excluding carboxylic acids is 2. The molecule has 4 aliphatic rings. The Morgan fingerprint density at radius 2 is 1.80 bits per heavy atom. The maximum Gasteiger partial charge on any atom is 0.233 e. The van der Waals surface area contributed by atoms with Crippen LogP contribution in [-0.2, 0) is 9.59 Å². The molecule has 5 heteroatoms. The van der Waals surface area contributed by atoms with Crippen LogP contribution in [0.1, 0.15) is 32.1 Å². The molecular weight excluding hydrogens is 332 g/mol. The largest absolute Gasteiger partial charge is 0.340 e. The Bertz CT molecular complexity index is 632. The van der Waals surface area contributed by atoms with Gasteiger partial charge in [-0.05, 0) is 43.7 Å². The van der Waals surface area contributed by atoms with Crippen molar-refractivity contribution in [2.24, 2.45) is 11.8 Å². The van der Waals surface area contributed by atoms with Crippen molar-refractivity contribution < 1.29 is 9.59 Å². The number of fused-ring (bicyclic) bond motifs is 4. The highest BCUT2D eigenvalue weighted by molar-refractivity contribution is 8.00. The van der Waals surface area contributed by atoms with E-state index in [-0.39, 0.29) is 17.9 Å². The van der Waals surface area contributed by atoms with Gasteiger partial charge in [0.25, 0.3) is 0 Å². The molecule has 2 atom stereocenters. The number of benzene rings is 1. The first-order valence-electron chi connectivity index (χ1n) is 9.47. The maximum absolute atomic E-state index is 12.8. The second-order valence-corrected chi connectivity index (χ2v) is 8.66. The summed E-state index contributed by atoms with van der Waals surface area (Å²) < 4.78 is 0. The number of hydrogen-bond donors (Lipinski definition) is 0. The standard InChI is InChI=1S/C20H26N2O2S/c23-19(14-25-18-7-2-1-3-8-18)22-12-15-9-10-17(22)13-21(11-15)20(24)16-5-4-6-16/h1-3,7-8,15-17H,4-6,9-14H2/t15-,17+/m0/s1. The quantitative estimate of drug-likeness (QED) is 0.777. The van der Waals surface area contributed by atoms with Crippen molar-refractivity contribution in [1.82, 2.24) is 9.80 Å². The maximum atomic E-state index is 12.8. The Labute approximate surface area is 153 Å². The number of thioether (sulfide) groups is 1. The minimum absolute atomic E-state index is 0.214. The first-order chi connectivity index (χ1) is 12.2. The first-order valence-corrected chi connectivity index (χ1v) is 10.5. The van der Waals surface area contributed by atoms with Gasteiger partial charge in [-0.2, -0.15) is 0 Å². The molecule has 1 aromatic carbocycles. The van der Waals surface area contributed by atoms with Gasteiger partial charge in [-0.3, -0.25) is 9.59 Å². The summed E-state index contributed by atoms with van der Waals surface area (Å²) in [6, 6.07) is 10.3. The highest BCUT2D eigenvalue weighted by Gasteiger charge is 2.40. The van der Waals surface area contributed by atoms with E-state index in [1.807, 2.05) is 30.3 Å². The topological polar surface area (TPSA) is 40.6 Å². The molecule has 25 heavy (non-hydrogen) atoms. The normalized spacial score (nSPS) is 26.2. The molecule has 0 aromatic heterocycles. The van der Waals surface area contributed by atoms with E-state index in [0.717, 1.165) is 50.2 Å². The van der Waals surface area contributed by atoms with Crippen molar-refractivity contribution in [2.75, 3.05) is 25.4 Å². The number of nitrogens with zero attached hydrogens (tertiary/aromatic N) is 2. The van der Waals surface area contributed by atoms with Gasteiger partial charge < -0.3 is 9.80 Å². The second-order valence-electron chi connectivity index (χ2n) is 7.62. The van der Waals surface area contributed by atoms with Crippen LogP contribution in [0.5, 0.6) is 0 Å². The molecule has 0 unspecified atom stereocenters. The number of hydrogen-bond acceptors (Lipinski definition) is 3. The lowest BCUT2D eigenvalue weighted by molar-refractivity contribution is -0.139. The zero-order chi connectivity index (χ0) is 17.2. The van der Waals surface area contributed by atoms with E-state index in [1.165, 1.54) is 6.42 Å². The van der Waals surface area contributed by atoms with Crippen molar-refractivity contribution in [3.05, 3.63) is 30.3 Å². The van der Waals surface area contributed by atoms with Gasteiger partial charge in [0.15, 0.2) is 0 Å². The number of rotatable bonds is 4. The Balaban J connectivity index is 1.38. The van der Waals surface area contributed by atoms with Crippen molar-refractivity contribution in [1.29, 1.82) is 0 Å². The summed E-state index contributed by atoms with van der Waals surface area (Å²) in [4.78, 5) is 30.7. The summed E-state index contributed by atoms with van der Waals surface area (Å²) in [5, 5.41) is 0. The minimum Gasteiger partial charge on any atom is -0.340 e. The molecule has 1 aliphatic carbocycles. The lowest BCUT2D eigenvalue weighted by atomic mass is 9.84. The van der Waals surface area contributed by atoms with E-state index < -0.39 is 0 Å². The monoisotopic (exact) mass is 358 g/mol. The molecule has 134 valence electrons. The third-order valence-corrected chi connectivity index (χ3v) is 6.90. The van der Waals surface area contributed by atoms with Gasteiger partial charge in [-0.25, -0.2) is 0 Å². The lowest BCUT2D eigenvalue weighted by Crippen LogP contribution is -2.49. The summed E-state index contributed by atoms with van der Waals surface area (Å²) in [5.41, 5.74) is 0. The molecule has 3 saturated heterocycles. The van der Waals surface area contributed by atoms with Crippen molar-refractivity contribution in [3.63, 3.8) is 0 Å². The highest BCUT2D eigenvalue weighted by Crippen LogP contribution is 2.33. The molecule has 2 bridgehead atoms. The summed E-state index contributed by atoms with van der Waals surface area (Å²) >= 11 is 1.61. The Morgan fingerprint density at radius 1 is 1.00 bits per heavy atom. The fourth-order valence-corrected chi connectivity index (χ4v) is 5.03. The van der Waals surface area contributed by atoms with Gasteiger partial charge in [0, 0.05) is 36.5 Å². The van der Waals surface area contributed by atoms with Crippen LogP contribution in [0, 0.1) is 11.8 Å². The van der Waals surface area contributed by atoms with Crippen LogP contribution in [0.15, 0.2) is 35.2 Å². The highest BCUT2D eigenvalue weighted by atomic mass is 32.2. The fraction of sp³-hybridized carbons (Fsp3) is 0.600. The Morgan fingerprint density at radius 3 is 2.52 bits per heavy atom. The zero-order valence-electron chi connectivity index (χ0n) is 14.6. The molecule has 0 N–H and O–H groups in total. The van der Waals surface area contributed by atoms with Gasteiger partial charge in [0.1, 0.15) is 0 Å². The molecule has 1 aromatic rings. The van der Waals surface area contributed by atoms with E-state index in [0.29, 0.717) is 17.6 Å². The van der Waals surface area contributed by atoms with E-state index in [4.69, 9.17) is 0 Å². The van der Waals surface area contributed by atoms with Gasteiger partial charge in [-0.1, -0.05) is 24.6 Å². The van der Waals surface area contributed by atoms with E-state index in [9.17, 15) is 9.59 Å². The number of amides is 2.